The average Bonchev–Trinajstić information content (AvgIpc) is 3.24. The Labute approximate surface area is 185 Å². The van der Waals surface area contributed by atoms with Gasteiger partial charge in [-0.3, -0.25) is 4.79 Å². The van der Waals surface area contributed by atoms with E-state index < -0.39 is 0 Å². The topological polar surface area (TPSA) is 68.5 Å². The van der Waals surface area contributed by atoms with Crippen molar-refractivity contribution in [2.24, 2.45) is 0 Å². The minimum atomic E-state index is -0.0343. The van der Waals surface area contributed by atoms with Crippen LogP contribution < -0.4 is 0 Å². The Morgan fingerprint density at radius 3 is 2.60 bits per heavy atom. The summed E-state index contributed by atoms with van der Waals surface area (Å²) in [7, 11) is 0. The van der Waals surface area contributed by atoms with Crippen LogP contribution in [0.2, 0.25) is 0 Å². The standard InChI is InChI=1S/C23H26BrN3O3/c1-3-17(2)27(22(28)16-29-15-18-7-5-4-6-8-18)14-13-21-25-23(26-30-21)19-9-11-20(24)12-10-19/h4-12,17H,3,13-16H2,1-2H3. The smallest absolute Gasteiger partial charge is 0.248 e. The van der Waals surface area contributed by atoms with E-state index in [9.17, 15) is 4.79 Å². The Balaban J connectivity index is 1.55. The molecule has 0 fully saturated rings. The number of ether oxygens (including phenoxy) is 1. The SMILES string of the molecule is CCC(C)N(CCc1nc(-c2ccc(Br)cc2)no1)C(=O)COCc1ccccc1. The fraction of sp³-hybridized carbons (Fsp3) is 0.348. The number of nitrogens with zero attached hydrogens (tertiary/aromatic N) is 3. The van der Waals surface area contributed by atoms with Crippen LogP contribution in [-0.4, -0.2) is 40.1 Å². The third-order valence-corrected chi connectivity index (χ3v) is 5.45. The molecular formula is C23H26BrN3O3. The molecule has 1 heterocycles. The summed E-state index contributed by atoms with van der Waals surface area (Å²) < 4.78 is 12.0. The van der Waals surface area contributed by atoms with E-state index in [1.807, 2.05) is 66.4 Å². The largest absolute Gasteiger partial charge is 0.367 e. The van der Waals surface area contributed by atoms with Gasteiger partial charge in [0, 0.05) is 29.0 Å². The number of rotatable bonds is 10. The summed E-state index contributed by atoms with van der Waals surface area (Å²) in [6.45, 7) is 5.07. The van der Waals surface area contributed by atoms with E-state index in [-0.39, 0.29) is 18.6 Å². The van der Waals surface area contributed by atoms with Crippen LogP contribution >= 0.6 is 15.9 Å². The molecule has 3 rings (SSSR count). The van der Waals surface area contributed by atoms with Gasteiger partial charge in [0.1, 0.15) is 6.61 Å². The van der Waals surface area contributed by atoms with Crippen molar-refractivity contribution in [2.45, 2.75) is 39.3 Å². The fourth-order valence-corrected chi connectivity index (χ4v) is 3.28. The summed E-state index contributed by atoms with van der Waals surface area (Å²) in [6.07, 6.45) is 1.36. The van der Waals surface area contributed by atoms with Gasteiger partial charge in [0.25, 0.3) is 0 Å². The molecule has 1 unspecified atom stereocenters. The molecule has 0 saturated carbocycles. The molecule has 0 bridgehead atoms. The van der Waals surface area contributed by atoms with Gasteiger partial charge in [-0.1, -0.05) is 58.3 Å². The quantitative estimate of drug-likeness (QED) is 0.421. The summed E-state index contributed by atoms with van der Waals surface area (Å²) in [6, 6.07) is 17.7. The van der Waals surface area contributed by atoms with Crippen molar-refractivity contribution >= 4 is 21.8 Å². The lowest BCUT2D eigenvalue weighted by molar-refractivity contribution is -0.138. The van der Waals surface area contributed by atoms with Crippen molar-refractivity contribution in [1.29, 1.82) is 0 Å². The molecule has 0 spiro atoms. The second-order valence-corrected chi connectivity index (χ2v) is 8.01. The van der Waals surface area contributed by atoms with Gasteiger partial charge in [0.2, 0.25) is 17.6 Å². The number of amides is 1. The first kappa shape index (κ1) is 22.2. The Morgan fingerprint density at radius 1 is 1.17 bits per heavy atom. The van der Waals surface area contributed by atoms with Crippen LogP contribution in [0.15, 0.2) is 63.6 Å². The molecule has 0 aliphatic heterocycles. The van der Waals surface area contributed by atoms with Crippen LogP contribution in [0.1, 0.15) is 31.7 Å². The Morgan fingerprint density at radius 2 is 1.90 bits per heavy atom. The number of benzene rings is 2. The molecule has 6 nitrogen and oxygen atoms in total. The predicted molar refractivity (Wildman–Crippen MR) is 119 cm³/mol. The predicted octanol–water partition coefficient (Wildman–Crippen LogP) is 4.89. The zero-order valence-corrected chi connectivity index (χ0v) is 18.8. The zero-order valence-electron chi connectivity index (χ0n) is 17.3. The highest BCUT2D eigenvalue weighted by atomic mass is 79.9. The summed E-state index contributed by atoms with van der Waals surface area (Å²) in [4.78, 5) is 19.0. The maximum absolute atomic E-state index is 12.7. The molecule has 0 aliphatic carbocycles. The summed E-state index contributed by atoms with van der Waals surface area (Å²) in [5.74, 6) is 1.03. The molecule has 0 aliphatic rings. The van der Waals surface area contributed by atoms with Crippen LogP contribution in [0.4, 0.5) is 0 Å². The highest BCUT2D eigenvalue weighted by Crippen LogP contribution is 2.19. The van der Waals surface area contributed by atoms with E-state index in [4.69, 9.17) is 9.26 Å². The highest BCUT2D eigenvalue weighted by molar-refractivity contribution is 9.10. The molecule has 2 aromatic carbocycles. The van der Waals surface area contributed by atoms with Crippen LogP contribution in [0.25, 0.3) is 11.4 Å². The molecule has 0 N–H and O–H groups in total. The maximum atomic E-state index is 12.7. The van der Waals surface area contributed by atoms with Crippen molar-refractivity contribution in [3.05, 3.63) is 70.5 Å². The normalized spacial score (nSPS) is 12.0. The van der Waals surface area contributed by atoms with Gasteiger partial charge in [-0.25, -0.2) is 0 Å². The maximum Gasteiger partial charge on any atom is 0.248 e. The first-order valence-electron chi connectivity index (χ1n) is 10.1. The Hall–Kier alpha value is -2.51. The van der Waals surface area contributed by atoms with Gasteiger partial charge in [0.15, 0.2) is 0 Å². The van der Waals surface area contributed by atoms with E-state index >= 15 is 0 Å². The first-order chi connectivity index (χ1) is 14.6. The minimum Gasteiger partial charge on any atom is -0.367 e. The van der Waals surface area contributed by atoms with Gasteiger partial charge in [0.05, 0.1) is 6.61 Å². The molecule has 30 heavy (non-hydrogen) atoms. The summed E-state index contributed by atoms with van der Waals surface area (Å²) >= 11 is 3.42. The van der Waals surface area contributed by atoms with Gasteiger partial charge < -0.3 is 14.2 Å². The van der Waals surface area contributed by atoms with Crippen molar-refractivity contribution in [2.75, 3.05) is 13.2 Å². The molecule has 0 radical (unpaired) electrons. The number of aromatic nitrogens is 2. The van der Waals surface area contributed by atoms with E-state index in [0.717, 1.165) is 22.0 Å². The van der Waals surface area contributed by atoms with Crippen LogP contribution in [0, 0.1) is 0 Å². The van der Waals surface area contributed by atoms with Crippen LogP contribution in [0.3, 0.4) is 0 Å². The lowest BCUT2D eigenvalue weighted by Crippen LogP contribution is -2.41. The Bertz CT molecular complexity index is 928. The monoisotopic (exact) mass is 471 g/mol. The fourth-order valence-electron chi connectivity index (χ4n) is 3.01. The lowest BCUT2D eigenvalue weighted by Gasteiger charge is -2.28. The van der Waals surface area contributed by atoms with Gasteiger partial charge >= 0.3 is 0 Å². The van der Waals surface area contributed by atoms with Crippen molar-refractivity contribution in [3.63, 3.8) is 0 Å². The number of halogens is 1. The molecule has 158 valence electrons. The second kappa shape index (κ2) is 11.0. The van der Waals surface area contributed by atoms with Crippen molar-refractivity contribution in [3.8, 4) is 11.4 Å². The average molecular weight is 472 g/mol. The molecule has 0 saturated heterocycles. The lowest BCUT2D eigenvalue weighted by atomic mass is 10.2. The number of carbonyl (C=O) groups is 1. The van der Waals surface area contributed by atoms with Gasteiger partial charge in [-0.05, 0) is 43.2 Å². The molecule has 1 amide bonds. The van der Waals surface area contributed by atoms with Gasteiger partial charge in [-0.15, -0.1) is 0 Å². The van der Waals surface area contributed by atoms with E-state index in [1.165, 1.54) is 0 Å². The summed E-state index contributed by atoms with van der Waals surface area (Å²) in [5, 5.41) is 4.06. The van der Waals surface area contributed by atoms with Crippen LogP contribution in [-0.2, 0) is 22.6 Å². The molecule has 3 aromatic rings. The van der Waals surface area contributed by atoms with Crippen molar-refractivity contribution < 1.29 is 14.1 Å². The van der Waals surface area contributed by atoms with E-state index in [2.05, 4.69) is 33.0 Å². The molecule has 1 aromatic heterocycles. The first-order valence-corrected chi connectivity index (χ1v) is 10.9. The second-order valence-electron chi connectivity index (χ2n) is 7.09. The van der Waals surface area contributed by atoms with E-state index in [1.54, 1.807) is 0 Å². The molecule has 1 atom stereocenters. The van der Waals surface area contributed by atoms with Crippen molar-refractivity contribution in [1.82, 2.24) is 15.0 Å². The zero-order chi connectivity index (χ0) is 21.3. The third-order valence-electron chi connectivity index (χ3n) is 4.92. The minimum absolute atomic E-state index is 0.0343. The molecular weight excluding hydrogens is 446 g/mol. The van der Waals surface area contributed by atoms with Crippen LogP contribution in [0.5, 0.6) is 0 Å². The number of hydrogen-bond donors (Lipinski definition) is 0. The van der Waals surface area contributed by atoms with E-state index in [0.29, 0.717) is 31.3 Å². The highest BCUT2D eigenvalue weighted by Gasteiger charge is 2.20. The molecule has 7 heteroatoms. The van der Waals surface area contributed by atoms with Gasteiger partial charge in [-0.2, -0.15) is 4.98 Å². The summed E-state index contributed by atoms with van der Waals surface area (Å²) in [5.41, 5.74) is 1.93. The Kier molecular flexibility index (Phi) is 8.16. The number of hydrogen-bond acceptors (Lipinski definition) is 5. The third kappa shape index (κ3) is 6.24. The number of carbonyl (C=O) groups excluding carboxylic acids is 1.